The number of carbonyl (C=O) groups excluding carboxylic acids is 1. The molecule has 0 bridgehead atoms. The Morgan fingerprint density at radius 2 is 2.14 bits per heavy atom. The molecule has 1 N–H and O–H groups in total. The third kappa shape index (κ3) is 4.44. The maximum Gasteiger partial charge on any atom is 0.437 e. The average Bonchev–Trinajstić information content (AvgIpc) is 2.95. The molecule has 1 atom stereocenters. The van der Waals surface area contributed by atoms with Crippen molar-refractivity contribution >= 4 is 5.91 Å². The fraction of sp³-hybridized carbons (Fsp3) is 0.692. The van der Waals surface area contributed by atoms with E-state index in [0.29, 0.717) is 19.5 Å². The van der Waals surface area contributed by atoms with Crippen LogP contribution in [0, 0.1) is 5.92 Å². The number of nitrogens with zero attached hydrogens (tertiary/aromatic N) is 2. The minimum absolute atomic E-state index is 0.108. The van der Waals surface area contributed by atoms with E-state index in [1.165, 1.54) is 0 Å². The summed E-state index contributed by atoms with van der Waals surface area (Å²) >= 11 is 0. The lowest BCUT2D eigenvalue weighted by molar-refractivity contribution is -0.143. The lowest BCUT2D eigenvalue weighted by Crippen LogP contribution is -2.41. The van der Waals surface area contributed by atoms with Crippen molar-refractivity contribution in [1.29, 1.82) is 0 Å². The van der Waals surface area contributed by atoms with Gasteiger partial charge in [0.25, 0.3) is 5.91 Å². The van der Waals surface area contributed by atoms with E-state index in [1.807, 2.05) is 6.92 Å². The first-order valence-corrected chi connectivity index (χ1v) is 6.98. The third-order valence-corrected chi connectivity index (χ3v) is 3.37. The van der Waals surface area contributed by atoms with E-state index in [9.17, 15) is 18.0 Å². The van der Waals surface area contributed by atoms with Crippen LogP contribution in [0.5, 0.6) is 0 Å². The Labute approximate surface area is 125 Å². The summed E-state index contributed by atoms with van der Waals surface area (Å²) < 4.78 is 47.4. The Morgan fingerprint density at radius 3 is 2.77 bits per heavy atom. The summed E-state index contributed by atoms with van der Waals surface area (Å²) in [6.45, 7) is 5.94. The standard InChI is InChI=1S/C13H18F3N3O3/c1-9(7-19-2-4-21-5-3-19)6-17-12(20)10-8-22-18-11(10)13(14,15)16/h8-9H,2-7H2,1H3,(H,17,20). The second-order valence-electron chi connectivity index (χ2n) is 5.30. The normalized spacial score (nSPS) is 18.2. The van der Waals surface area contributed by atoms with Gasteiger partial charge in [0.2, 0.25) is 0 Å². The molecule has 124 valence electrons. The van der Waals surface area contributed by atoms with Crippen molar-refractivity contribution < 1.29 is 27.2 Å². The third-order valence-electron chi connectivity index (χ3n) is 3.37. The molecule has 1 amide bonds. The molecule has 0 radical (unpaired) electrons. The fourth-order valence-electron chi connectivity index (χ4n) is 2.25. The predicted molar refractivity (Wildman–Crippen MR) is 70.3 cm³/mol. The van der Waals surface area contributed by atoms with E-state index < -0.39 is 23.3 Å². The number of halogens is 3. The van der Waals surface area contributed by atoms with Crippen LogP contribution >= 0.6 is 0 Å². The van der Waals surface area contributed by atoms with Crippen LogP contribution in [0.1, 0.15) is 23.0 Å². The Morgan fingerprint density at radius 1 is 1.45 bits per heavy atom. The summed E-state index contributed by atoms with van der Waals surface area (Å²) in [6.07, 6.45) is -4.00. The Bertz CT molecular complexity index is 498. The topological polar surface area (TPSA) is 67.6 Å². The number of aromatic nitrogens is 1. The number of amides is 1. The van der Waals surface area contributed by atoms with Gasteiger partial charge in [0.1, 0.15) is 11.8 Å². The molecule has 22 heavy (non-hydrogen) atoms. The number of hydrogen-bond acceptors (Lipinski definition) is 5. The van der Waals surface area contributed by atoms with E-state index in [2.05, 4.69) is 19.9 Å². The molecular weight excluding hydrogens is 303 g/mol. The number of rotatable bonds is 5. The van der Waals surface area contributed by atoms with Gasteiger partial charge < -0.3 is 14.6 Å². The van der Waals surface area contributed by atoms with E-state index in [4.69, 9.17) is 4.74 Å². The van der Waals surface area contributed by atoms with Gasteiger partial charge in [-0.05, 0) is 5.92 Å². The highest BCUT2D eigenvalue weighted by atomic mass is 19.4. The molecule has 0 spiro atoms. The number of alkyl halides is 3. The molecule has 1 aliphatic rings. The lowest BCUT2D eigenvalue weighted by atomic mass is 10.1. The fourth-order valence-corrected chi connectivity index (χ4v) is 2.25. The zero-order valence-corrected chi connectivity index (χ0v) is 12.2. The Kier molecular flexibility index (Phi) is 5.41. The van der Waals surface area contributed by atoms with Crippen LogP contribution in [-0.4, -0.2) is 55.4 Å². The molecule has 1 unspecified atom stereocenters. The Hall–Kier alpha value is -1.61. The van der Waals surface area contributed by atoms with E-state index in [-0.39, 0.29) is 12.5 Å². The van der Waals surface area contributed by atoms with Crippen molar-refractivity contribution in [2.75, 3.05) is 39.4 Å². The highest BCUT2D eigenvalue weighted by Crippen LogP contribution is 2.30. The van der Waals surface area contributed by atoms with E-state index in [0.717, 1.165) is 19.6 Å². The van der Waals surface area contributed by atoms with Crippen molar-refractivity contribution in [3.63, 3.8) is 0 Å². The minimum atomic E-state index is -4.71. The molecule has 6 nitrogen and oxygen atoms in total. The summed E-state index contributed by atoms with van der Waals surface area (Å²) in [5.74, 6) is -0.723. The van der Waals surface area contributed by atoms with E-state index in [1.54, 1.807) is 0 Å². The van der Waals surface area contributed by atoms with Crippen molar-refractivity contribution in [3.8, 4) is 0 Å². The zero-order chi connectivity index (χ0) is 16.2. The number of carbonyl (C=O) groups is 1. The van der Waals surface area contributed by atoms with Gasteiger partial charge in [-0.2, -0.15) is 13.2 Å². The van der Waals surface area contributed by atoms with Crippen molar-refractivity contribution in [3.05, 3.63) is 17.5 Å². The molecule has 1 aromatic heterocycles. The van der Waals surface area contributed by atoms with Gasteiger partial charge in [0, 0.05) is 26.2 Å². The molecule has 1 aliphatic heterocycles. The van der Waals surface area contributed by atoms with Crippen LogP contribution in [0.4, 0.5) is 13.2 Å². The molecule has 1 saturated heterocycles. The molecule has 0 saturated carbocycles. The molecule has 1 fully saturated rings. The van der Waals surface area contributed by atoms with Crippen molar-refractivity contribution in [2.45, 2.75) is 13.1 Å². The van der Waals surface area contributed by atoms with Crippen molar-refractivity contribution in [1.82, 2.24) is 15.4 Å². The number of nitrogens with one attached hydrogen (secondary N) is 1. The molecule has 9 heteroatoms. The number of ether oxygens (including phenoxy) is 1. The average molecular weight is 321 g/mol. The first-order chi connectivity index (χ1) is 10.4. The second-order valence-corrected chi connectivity index (χ2v) is 5.30. The molecular formula is C13H18F3N3O3. The van der Waals surface area contributed by atoms with E-state index >= 15 is 0 Å². The molecule has 0 aromatic carbocycles. The van der Waals surface area contributed by atoms with Crippen LogP contribution in [-0.2, 0) is 10.9 Å². The van der Waals surface area contributed by atoms with Gasteiger partial charge in [-0.3, -0.25) is 9.69 Å². The molecule has 2 heterocycles. The second kappa shape index (κ2) is 7.10. The summed E-state index contributed by atoms with van der Waals surface area (Å²) in [4.78, 5) is 14.0. The Balaban J connectivity index is 1.83. The highest BCUT2D eigenvalue weighted by Gasteiger charge is 2.39. The predicted octanol–water partition coefficient (Wildman–Crippen LogP) is 1.39. The highest BCUT2D eigenvalue weighted by molar-refractivity contribution is 5.95. The number of hydrogen-bond donors (Lipinski definition) is 1. The summed E-state index contributed by atoms with van der Waals surface area (Å²) in [7, 11) is 0. The maximum atomic E-state index is 12.6. The van der Waals surface area contributed by atoms with Crippen LogP contribution in [0.3, 0.4) is 0 Å². The number of morpholine rings is 1. The first-order valence-electron chi connectivity index (χ1n) is 6.98. The van der Waals surface area contributed by atoms with Gasteiger partial charge in [-0.1, -0.05) is 12.1 Å². The summed E-state index contributed by atoms with van der Waals surface area (Å²) in [6, 6.07) is 0. The maximum absolute atomic E-state index is 12.6. The van der Waals surface area contributed by atoms with Gasteiger partial charge in [0.15, 0.2) is 5.69 Å². The largest absolute Gasteiger partial charge is 0.437 e. The summed E-state index contributed by atoms with van der Waals surface area (Å²) in [5, 5.41) is 5.34. The molecule has 2 rings (SSSR count). The van der Waals surface area contributed by atoms with Gasteiger partial charge >= 0.3 is 6.18 Å². The first kappa shape index (κ1) is 16.8. The van der Waals surface area contributed by atoms with Crippen molar-refractivity contribution in [2.24, 2.45) is 5.92 Å². The molecule has 1 aromatic rings. The zero-order valence-electron chi connectivity index (χ0n) is 12.2. The lowest BCUT2D eigenvalue weighted by Gasteiger charge is -2.29. The monoisotopic (exact) mass is 321 g/mol. The van der Waals surface area contributed by atoms with Gasteiger partial charge in [-0.15, -0.1) is 0 Å². The smallest absolute Gasteiger partial charge is 0.379 e. The minimum Gasteiger partial charge on any atom is -0.379 e. The summed E-state index contributed by atoms with van der Waals surface area (Å²) in [5.41, 5.74) is -1.89. The van der Waals surface area contributed by atoms with Gasteiger partial charge in [-0.25, -0.2) is 0 Å². The van der Waals surface area contributed by atoms with Crippen LogP contribution < -0.4 is 5.32 Å². The SMILES string of the molecule is CC(CNC(=O)c1conc1C(F)(F)F)CN1CCOCC1. The van der Waals surface area contributed by atoms with Crippen LogP contribution in [0.2, 0.25) is 0 Å². The van der Waals surface area contributed by atoms with Crippen LogP contribution in [0.25, 0.3) is 0 Å². The molecule has 0 aliphatic carbocycles. The van der Waals surface area contributed by atoms with Gasteiger partial charge in [0.05, 0.1) is 13.2 Å². The van der Waals surface area contributed by atoms with Crippen LogP contribution in [0.15, 0.2) is 10.8 Å². The quantitative estimate of drug-likeness (QED) is 0.888.